The summed E-state index contributed by atoms with van der Waals surface area (Å²) >= 11 is 5.90. The zero-order valence-corrected chi connectivity index (χ0v) is 9.79. The van der Waals surface area contributed by atoms with Gasteiger partial charge in [-0.1, -0.05) is 17.7 Å². The first-order valence-corrected chi connectivity index (χ1v) is 5.56. The van der Waals surface area contributed by atoms with Gasteiger partial charge in [-0.2, -0.15) is 0 Å². The van der Waals surface area contributed by atoms with Crippen LogP contribution in [0.5, 0.6) is 0 Å². The molecular weight excluding hydrogens is 226 g/mol. The minimum atomic E-state index is -0.0671. The summed E-state index contributed by atoms with van der Waals surface area (Å²) in [6.07, 6.45) is 0. The molecule has 0 bridgehead atoms. The Labute approximate surface area is 99.6 Å². The maximum absolute atomic E-state index is 11.7. The number of carbonyl (C=O) groups is 1. The summed E-state index contributed by atoms with van der Waals surface area (Å²) in [6.45, 7) is 1.43. The van der Waals surface area contributed by atoms with Gasteiger partial charge in [0.25, 0.3) is 0 Å². The van der Waals surface area contributed by atoms with Crippen molar-refractivity contribution in [2.45, 2.75) is 6.04 Å². The van der Waals surface area contributed by atoms with Crippen molar-refractivity contribution in [2.75, 3.05) is 25.0 Å². The molecule has 0 spiro atoms. The molecular formula is C11H14ClN3O. The summed E-state index contributed by atoms with van der Waals surface area (Å²) in [7, 11) is 1.87. The van der Waals surface area contributed by atoms with E-state index in [1.165, 1.54) is 0 Å². The van der Waals surface area contributed by atoms with Crippen molar-refractivity contribution in [3.8, 4) is 0 Å². The minimum Gasteiger partial charge on any atom is -0.332 e. The number of nitrogens with one attached hydrogen (secondary N) is 2. The zero-order chi connectivity index (χ0) is 11.5. The van der Waals surface area contributed by atoms with Gasteiger partial charge in [-0.05, 0) is 25.2 Å². The molecule has 1 atom stereocenters. The van der Waals surface area contributed by atoms with Gasteiger partial charge in [0.2, 0.25) is 0 Å². The lowest BCUT2D eigenvalue weighted by Crippen LogP contribution is -2.35. The van der Waals surface area contributed by atoms with E-state index in [2.05, 4.69) is 10.6 Å². The first-order chi connectivity index (χ1) is 7.70. The predicted octanol–water partition coefficient (Wildman–Crippen LogP) is 1.46. The van der Waals surface area contributed by atoms with Crippen molar-refractivity contribution in [3.05, 3.63) is 29.3 Å². The van der Waals surface area contributed by atoms with Crippen LogP contribution < -0.4 is 15.5 Å². The number of rotatable bonds is 3. The van der Waals surface area contributed by atoms with Crippen LogP contribution in [0.4, 0.5) is 10.5 Å². The van der Waals surface area contributed by atoms with Gasteiger partial charge < -0.3 is 10.6 Å². The lowest BCUT2D eigenvalue weighted by Gasteiger charge is -2.14. The van der Waals surface area contributed by atoms with Crippen molar-refractivity contribution < 1.29 is 4.79 Å². The molecule has 1 unspecified atom stereocenters. The molecule has 1 heterocycles. The summed E-state index contributed by atoms with van der Waals surface area (Å²) < 4.78 is 0. The van der Waals surface area contributed by atoms with E-state index in [-0.39, 0.29) is 12.1 Å². The molecule has 5 heteroatoms. The van der Waals surface area contributed by atoms with Gasteiger partial charge in [0.1, 0.15) is 0 Å². The van der Waals surface area contributed by atoms with E-state index in [0.717, 1.165) is 12.2 Å². The molecule has 16 heavy (non-hydrogen) atoms. The molecule has 1 aliphatic heterocycles. The van der Waals surface area contributed by atoms with Crippen molar-refractivity contribution in [2.24, 2.45) is 0 Å². The van der Waals surface area contributed by atoms with Crippen molar-refractivity contribution in [1.82, 2.24) is 10.6 Å². The van der Waals surface area contributed by atoms with Crippen molar-refractivity contribution >= 4 is 23.3 Å². The minimum absolute atomic E-state index is 0.0671. The topological polar surface area (TPSA) is 44.4 Å². The average molecular weight is 240 g/mol. The van der Waals surface area contributed by atoms with Gasteiger partial charge in [-0.3, -0.25) is 4.90 Å². The highest BCUT2D eigenvalue weighted by Crippen LogP contribution is 2.21. The van der Waals surface area contributed by atoms with E-state index in [9.17, 15) is 4.79 Å². The molecule has 1 aliphatic rings. The van der Waals surface area contributed by atoms with Gasteiger partial charge in [-0.15, -0.1) is 0 Å². The molecule has 1 aromatic carbocycles. The Kier molecular flexibility index (Phi) is 3.31. The Morgan fingerprint density at radius 1 is 1.62 bits per heavy atom. The maximum Gasteiger partial charge on any atom is 0.322 e. The third-order valence-electron chi connectivity index (χ3n) is 2.55. The fraction of sp³-hybridized carbons (Fsp3) is 0.364. The van der Waals surface area contributed by atoms with Crippen LogP contribution >= 0.6 is 11.6 Å². The molecule has 0 aliphatic carbocycles. The highest BCUT2D eigenvalue weighted by atomic mass is 35.5. The van der Waals surface area contributed by atoms with Crippen molar-refractivity contribution in [1.29, 1.82) is 0 Å². The molecule has 2 rings (SSSR count). The first-order valence-electron chi connectivity index (χ1n) is 5.19. The average Bonchev–Trinajstić information content (AvgIpc) is 2.60. The normalized spacial score (nSPS) is 20.0. The molecule has 0 saturated carbocycles. The van der Waals surface area contributed by atoms with E-state index in [1.54, 1.807) is 17.0 Å². The first kappa shape index (κ1) is 11.2. The highest BCUT2D eigenvalue weighted by molar-refractivity contribution is 6.30. The number of urea groups is 1. The number of carbonyl (C=O) groups excluding carboxylic acids is 1. The number of halogens is 1. The fourth-order valence-electron chi connectivity index (χ4n) is 1.83. The lowest BCUT2D eigenvalue weighted by molar-refractivity contribution is 0.251. The van der Waals surface area contributed by atoms with E-state index in [0.29, 0.717) is 11.6 Å². The summed E-state index contributed by atoms with van der Waals surface area (Å²) in [5, 5.41) is 6.59. The Hall–Kier alpha value is -1.26. The van der Waals surface area contributed by atoms with Crippen LogP contribution in [0.25, 0.3) is 0 Å². The van der Waals surface area contributed by atoms with E-state index >= 15 is 0 Å². The van der Waals surface area contributed by atoms with Gasteiger partial charge in [0.05, 0.1) is 6.04 Å². The van der Waals surface area contributed by atoms with Crippen LogP contribution in [-0.4, -0.2) is 32.2 Å². The molecule has 0 radical (unpaired) electrons. The number of hydrogen-bond acceptors (Lipinski definition) is 2. The molecule has 1 fully saturated rings. The second-order valence-electron chi connectivity index (χ2n) is 3.79. The van der Waals surface area contributed by atoms with Crippen molar-refractivity contribution in [3.63, 3.8) is 0 Å². The maximum atomic E-state index is 11.7. The summed E-state index contributed by atoms with van der Waals surface area (Å²) in [6, 6.07) is 7.40. The number of anilines is 1. The summed E-state index contributed by atoms with van der Waals surface area (Å²) in [5.74, 6) is 0. The largest absolute Gasteiger partial charge is 0.332 e. The Bertz CT molecular complexity index is 397. The highest BCUT2D eigenvalue weighted by Gasteiger charge is 2.29. The molecule has 4 nitrogen and oxygen atoms in total. The lowest BCUT2D eigenvalue weighted by atomic mass is 10.2. The third-order valence-corrected chi connectivity index (χ3v) is 2.78. The molecule has 2 amide bonds. The molecule has 1 aromatic rings. The number of hydrogen-bond donors (Lipinski definition) is 2. The molecule has 86 valence electrons. The van der Waals surface area contributed by atoms with Crippen LogP contribution in [0.3, 0.4) is 0 Å². The van der Waals surface area contributed by atoms with Gasteiger partial charge >= 0.3 is 6.03 Å². The van der Waals surface area contributed by atoms with E-state index in [1.807, 2.05) is 19.2 Å². The van der Waals surface area contributed by atoms with Gasteiger partial charge in [0, 0.05) is 23.8 Å². The Morgan fingerprint density at radius 3 is 3.12 bits per heavy atom. The number of nitrogens with zero attached hydrogens (tertiary/aromatic N) is 1. The second kappa shape index (κ2) is 4.72. The molecule has 0 aromatic heterocycles. The molecule has 2 N–H and O–H groups in total. The fourth-order valence-corrected chi connectivity index (χ4v) is 2.01. The van der Waals surface area contributed by atoms with Crippen LogP contribution in [0, 0.1) is 0 Å². The van der Waals surface area contributed by atoms with Crippen LogP contribution in [0.15, 0.2) is 24.3 Å². The number of amides is 2. The smallest absolute Gasteiger partial charge is 0.322 e. The summed E-state index contributed by atoms with van der Waals surface area (Å²) in [5.41, 5.74) is 0.837. The van der Waals surface area contributed by atoms with Crippen LogP contribution in [0.1, 0.15) is 0 Å². The number of likely N-dealkylation sites (N-methyl/N-ethyl adjacent to an activating group) is 1. The quantitative estimate of drug-likeness (QED) is 0.839. The second-order valence-corrected chi connectivity index (χ2v) is 4.23. The molecule has 1 saturated heterocycles. The van der Waals surface area contributed by atoms with Gasteiger partial charge in [-0.25, -0.2) is 4.79 Å². The monoisotopic (exact) mass is 239 g/mol. The van der Waals surface area contributed by atoms with Crippen LogP contribution in [0.2, 0.25) is 5.02 Å². The van der Waals surface area contributed by atoms with E-state index in [4.69, 9.17) is 11.6 Å². The van der Waals surface area contributed by atoms with E-state index < -0.39 is 0 Å². The third kappa shape index (κ3) is 2.28. The Balaban J connectivity index is 2.13. The Morgan fingerprint density at radius 2 is 2.44 bits per heavy atom. The SMILES string of the molecule is CNCC1CN(c2cccc(Cl)c2)C(=O)N1. The van der Waals surface area contributed by atoms with Gasteiger partial charge in [0.15, 0.2) is 0 Å². The standard InChI is InChI=1S/C11H14ClN3O/c1-13-6-9-7-15(11(16)14-9)10-4-2-3-8(12)5-10/h2-5,9,13H,6-7H2,1H3,(H,14,16). The number of benzene rings is 1. The summed E-state index contributed by atoms with van der Waals surface area (Å²) in [4.78, 5) is 13.4. The zero-order valence-electron chi connectivity index (χ0n) is 9.03. The predicted molar refractivity (Wildman–Crippen MR) is 65.0 cm³/mol. The van der Waals surface area contributed by atoms with Crippen LogP contribution in [-0.2, 0) is 0 Å².